The van der Waals surface area contributed by atoms with Crippen molar-refractivity contribution in [2.45, 2.75) is 83.2 Å². The number of carboxylic acid groups (broad SMARTS) is 1. The van der Waals surface area contributed by atoms with Crippen LogP contribution in [0.15, 0.2) is 48.6 Å². The van der Waals surface area contributed by atoms with E-state index < -0.39 is 101 Å². The van der Waals surface area contributed by atoms with Crippen LogP contribution in [0.4, 0.5) is 5.69 Å². The van der Waals surface area contributed by atoms with Crippen LogP contribution in [0.1, 0.15) is 43.9 Å². The molecule has 1 aliphatic heterocycles. The van der Waals surface area contributed by atoms with E-state index in [-0.39, 0.29) is 95.9 Å². The predicted molar refractivity (Wildman–Crippen MR) is 441 cm³/mol. The van der Waals surface area contributed by atoms with Crippen molar-refractivity contribution in [2.24, 2.45) is 17.8 Å². The van der Waals surface area contributed by atoms with Crippen LogP contribution in [-0.4, -0.2) is 409 Å². The Morgan fingerprint density at radius 3 is 1.10 bits per heavy atom. The largest absolute Gasteiger partial charge is 0.487 e. The molecule has 2 aromatic carbocycles. The van der Waals surface area contributed by atoms with Gasteiger partial charge in [-0.2, -0.15) is 0 Å². The minimum absolute atomic E-state index is 0.00105. The lowest BCUT2D eigenvalue weighted by atomic mass is 9.82. The lowest BCUT2D eigenvalue weighted by Gasteiger charge is -2.39. The second-order valence-electron chi connectivity index (χ2n) is 27.8. The van der Waals surface area contributed by atoms with E-state index in [1.807, 2.05) is 5.32 Å². The fourth-order valence-corrected chi connectivity index (χ4v) is 11.5. The number of aryl methyl sites for hydroxylation is 1. The number of aliphatic carboxylic acids is 1. The van der Waals surface area contributed by atoms with Crippen molar-refractivity contribution < 1.29 is 182 Å². The number of nitrogens with one attached hydrogen (secondary N) is 3. The van der Waals surface area contributed by atoms with Gasteiger partial charge in [0.15, 0.2) is 29.2 Å². The van der Waals surface area contributed by atoms with E-state index in [0.29, 0.717) is 255 Å². The van der Waals surface area contributed by atoms with Crippen LogP contribution in [0.2, 0.25) is 0 Å². The Bertz CT molecular complexity index is 3210. The van der Waals surface area contributed by atoms with Gasteiger partial charge in [-0.3, -0.25) is 38.9 Å². The molecule has 1 saturated heterocycles. The molecule has 1 fully saturated rings. The molecule has 714 valence electrons. The maximum Gasteiger partial charge on any atom is 0.335 e. The standard InChI is InChI=1S/C84H135N3O38/c1-62(2)75(81(95)87-83(97)82(96)85-67-9-7-66(61-124-63(3)88)65(60-67)8-13-72-76(91)77(92)78(93)79(125-72)84(98)99)86-80(94)68(74-69(89)10-11-70(74)90)58-64-6-12-71(122-56-54-120-52-50-118-48-46-116-44-42-114-40-38-112-36-34-110-32-30-108-28-26-106-24-22-104-20-18-102-16-14-100-4)73(59-64)123-57-55-121-53-51-119-49-47-117-45-43-115-41-39-113-37-35-111-33-31-109-29-27-107-25-23-105-21-19-103-17-15-101-5/h6-7,9-12,59-60,62,68,72,74-79,91-93H,8,13-58,61H2,1-5H3,(H,85,96)(H,86,94)(H,98,99)(H,87,95,97)/t68?,72?,75-,76?,77?,78?,79?/m0/s1. The van der Waals surface area contributed by atoms with Crippen LogP contribution in [-0.2, 0) is 171 Å². The lowest BCUT2D eigenvalue weighted by molar-refractivity contribution is -0.228. The Morgan fingerprint density at radius 1 is 0.408 bits per heavy atom. The molecule has 2 aliphatic rings. The quantitative estimate of drug-likeness (QED) is 0.0197. The number of allylic oxidation sites excluding steroid dienone is 2. The molecular weight excluding hydrogens is 1660 g/mol. The van der Waals surface area contributed by atoms with Crippen molar-refractivity contribution in [2.75, 3.05) is 310 Å². The monoisotopic (exact) mass is 1790 g/mol. The fraction of sp³-hybridized carbons (Fsp3) is 0.738. The summed E-state index contributed by atoms with van der Waals surface area (Å²) < 4.78 is 144. The van der Waals surface area contributed by atoms with Crippen LogP contribution in [0.5, 0.6) is 11.5 Å². The van der Waals surface area contributed by atoms with Gasteiger partial charge in [-0.25, -0.2) is 4.79 Å². The molecule has 6 unspecified atom stereocenters. The third kappa shape index (κ3) is 52.4. The molecule has 2 aromatic rings. The molecule has 0 radical (unpaired) electrons. The van der Waals surface area contributed by atoms with Crippen LogP contribution in [0, 0.1) is 17.8 Å². The maximum atomic E-state index is 14.6. The number of anilines is 1. The zero-order valence-electron chi connectivity index (χ0n) is 72.9. The van der Waals surface area contributed by atoms with Gasteiger partial charge in [0.05, 0.1) is 295 Å². The van der Waals surface area contributed by atoms with Gasteiger partial charge in [0.25, 0.3) is 0 Å². The zero-order chi connectivity index (χ0) is 90.4. The summed E-state index contributed by atoms with van der Waals surface area (Å²) in [5, 5.41) is 47.8. The first-order valence-corrected chi connectivity index (χ1v) is 42.2. The number of rotatable bonds is 82. The smallest absolute Gasteiger partial charge is 0.335 e. The van der Waals surface area contributed by atoms with E-state index in [1.54, 1.807) is 46.3 Å². The molecule has 41 heteroatoms. The van der Waals surface area contributed by atoms with E-state index in [0.717, 1.165) is 12.2 Å². The van der Waals surface area contributed by atoms with E-state index in [2.05, 4.69) is 10.6 Å². The number of aliphatic hydroxyl groups is 3. The van der Waals surface area contributed by atoms with Gasteiger partial charge < -0.3 is 154 Å². The van der Waals surface area contributed by atoms with E-state index in [9.17, 15) is 58.8 Å². The van der Waals surface area contributed by atoms with Crippen LogP contribution in [0.3, 0.4) is 0 Å². The van der Waals surface area contributed by atoms with Gasteiger partial charge in [0.2, 0.25) is 11.8 Å². The molecule has 4 rings (SSSR count). The number of hydrogen-bond acceptors (Lipinski definition) is 37. The number of imide groups is 1. The number of amides is 4. The van der Waals surface area contributed by atoms with Gasteiger partial charge >= 0.3 is 23.8 Å². The second kappa shape index (κ2) is 72.9. The molecule has 0 bridgehead atoms. The molecule has 41 nitrogen and oxygen atoms in total. The third-order valence-corrected chi connectivity index (χ3v) is 18.0. The zero-order valence-corrected chi connectivity index (χ0v) is 72.9. The van der Waals surface area contributed by atoms with E-state index in [4.69, 9.17) is 123 Å². The van der Waals surface area contributed by atoms with Crippen molar-refractivity contribution in [3.8, 4) is 11.5 Å². The number of carboxylic acids is 1. The minimum Gasteiger partial charge on any atom is -0.487 e. The minimum atomic E-state index is -1.93. The number of ketones is 2. The summed E-state index contributed by atoms with van der Waals surface area (Å²) in [4.78, 5) is 106. The molecule has 125 heavy (non-hydrogen) atoms. The Balaban J connectivity index is 1.21. The summed E-state index contributed by atoms with van der Waals surface area (Å²) in [6, 6.07) is 7.49. The summed E-state index contributed by atoms with van der Waals surface area (Å²) in [5.74, 6) is -11.5. The number of benzene rings is 2. The van der Waals surface area contributed by atoms with Crippen molar-refractivity contribution in [1.82, 2.24) is 10.6 Å². The Labute approximate surface area is 730 Å². The van der Waals surface area contributed by atoms with Crippen molar-refractivity contribution in [3.05, 3.63) is 65.2 Å². The summed E-state index contributed by atoms with van der Waals surface area (Å²) >= 11 is 0. The summed E-state index contributed by atoms with van der Waals surface area (Å²) in [6.45, 7) is 21.1. The second-order valence-corrected chi connectivity index (χ2v) is 27.8. The first-order chi connectivity index (χ1) is 60.9. The number of carbonyl (C=O) groups is 8. The van der Waals surface area contributed by atoms with E-state index >= 15 is 0 Å². The summed E-state index contributed by atoms with van der Waals surface area (Å²) in [6.07, 6.45) is -6.95. The molecule has 7 atom stereocenters. The average Bonchev–Trinajstić information content (AvgIpc) is 1.79. The van der Waals surface area contributed by atoms with Gasteiger partial charge in [-0.15, -0.1) is 0 Å². The molecule has 7 N–H and O–H groups in total. The number of ether oxygens (including phenoxy) is 26. The summed E-state index contributed by atoms with van der Waals surface area (Å²) in [7, 11) is 3.25. The molecule has 0 spiro atoms. The van der Waals surface area contributed by atoms with Crippen molar-refractivity contribution >= 4 is 52.8 Å². The normalized spacial score (nSPS) is 16.4. The highest BCUT2D eigenvalue weighted by atomic mass is 16.6. The highest BCUT2D eigenvalue weighted by molar-refractivity contribution is 6.42. The van der Waals surface area contributed by atoms with Crippen molar-refractivity contribution in [1.29, 1.82) is 0 Å². The Morgan fingerprint density at radius 2 is 0.760 bits per heavy atom. The first kappa shape index (κ1) is 110. The maximum absolute atomic E-state index is 14.6. The van der Waals surface area contributed by atoms with Gasteiger partial charge in [0.1, 0.15) is 44.2 Å². The van der Waals surface area contributed by atoms with Crippen molar-refractivity contribution in [3.63, 3.8) is 0 Å². The third-order valence-electron chi connectivity index (χ3n) is 18.0. The van der Waals surface area contributed by atoms with Gasteiger partial charge in [0, 0.05) is 26.8 Å². The number of methoxy groups -OCH3 is 2. The molecule has 1 heterocycles. The highest BCUT2D eigenvalue weighted by Crippen LogP contribution is 2.33. The SMILES string of the molecule is COCCOCCOCCOCCOCCOCCOCCOCCOCCOCCOCCOc1ccc(CC(C(=O)N[C@H](C(=O)NC(=O)C(=O)Nc2ccc(COC(C)=O)c(CCC3OC(C(=O)O)C(O)C(O)C3O)c2)C(C)C)C2C(=O)C=CC2=O)cc1OCCOCCOCCOCCOCCOCCOCCOCCOCCOCCOCCOC. The first-order valence-electron chi connectivity index (χ1n) is 42.2. The summed E-state index contributed by atoms with van der Waals surface area (Å²) in [5.41, 5.74) is 1.17. The van der Waals surface area contributed by atoms with E-state index in [1.165, 1.54) is 25.1 Å². The van der Waals surface area contributed by atoms with Gasteiger partial charge in [-0.1, -0.05) is 26.0 Å². The molecule has 1 aliphatic carbocycles. The average molecular weight is 1790 g/mol. The fourth-order valence-electron chi connectivity index (χ4n) is 11.5. The Kier molecular flexibility index (Phi) is 64.4. The number of esters is 1. The Hall–Kier alpha value is -6.90. The molecule has 4 amide bonds. The molecule has 0 aromatic heterocycles. The van der Waals surface area contributed by atoms with Gasteiger partial charge in [-0.05, 0) is 78.3 Å². The topological polar surface area (TPSA) is 494 Å². The van der Waals surface area contributed by atoms with Crippen LogP contribution >= 0.6 is 0 Å². The number of hydrogen-bond donors (Lipinski definition) is 7. The predicted octanol–water partition coefficient (Wildman–Crippen LogP) is -0.0954. The molecular formula is C84H135N3O38. The lowest BCUT2D eigenvalue weighted by Crippen LogP contribution is -2.59. The van der Waals surface area contributed by atoms with Crippen LogP contribution in [0.25, 0.3) is 0 Å². The molecule has 0 saturated carbocycles. The van der Waals surface area contributed by atoms with Crippen LogP contribution < -0.4 is 25.4 Å². The highest BCUT2D eigenvalue weighted by Gasteiger charge is 2.47. The number of aliphatic hydroxyl groups excluding tert-OH is 3. The number of carbonyl (C=O) groups excluding carboxylic acids is 7.